The normalized spacial score (nSPS) is 17.6. The molecule has 1 saturated carbocycles. The smallest absolute Gasteiger partial charge is 0.251 e. The van der Waals surface area contributed by atoms with Crippen LogP contribution in [0.25, 0.3) is 10.9 Å². The fourth-order valence-electron chi connectivity index (χ4n) is 5.57. The predicted molar refractivity (Wildman–Crippen MR) is 141 cm³/mol. The van der Waals surface area contributed by atoms with Crippen LogP contribution >= 0.6 is 0 Å². The molecule has 5 heteroatoms. The summed E-state index contributed by atoms with van der Waals surface area (Å²) < 4.78 is 6.15. The standard InChI is InChI=1S/C30H37N3O2/c1-22-12-13-27-28(31-22)10-5-11-29(27)35-19-18-33-16-14-23(15-17-33)20-24-6-4-7-25(21-24)30(34)32-26-8-2-3-9-26/h4-7,10-13,21,23,26H,2-3,8-9,14-20H2,1H3,(H,32,34). The molecule has 2 aliphatic rings. The fraction of sp³-hybridized carbons (Fsp3) is 0.467. The van der Waals surface area contributed by atoms with Crippen LogP contribution in [0.2, 0.25) is 0 Å². The summed E-state index contributed by atoms with van der Waals surface area (Å²) in [5.74, 6) is 1.68. The van der Waals surface area contributed by atoms with E-state index in [-0.39, 0.29) is 5.91 Å². The third kappa shape index (κ3) is 6.21. The highest BCUT2D eigenvalue weighted by molar-refractivity contribution is 5.94. The van der Waals surface area contributed by atoms with Crippen LogP contribution in [0.3, 0.4) is 0 Å². The zero-order valence-electron chi connectivity index (χ0n) is 20.8. The van der Waals surface area contributed by atoms with Gasteiger partial charge in [0.15, 0.2) is 0 Å². The van der Waals surface area contributed by atoms with E-state index in [1.165, 1.54) is 31.2 Å². The maximum absolute atomic E-state index is 12.6. The zero-order chi connectivity index (χ0) is 24.0. The second-order valence-corrected chi connectivity index (χ2v) is 10.3. The van der Waals surface area contributed by atoms with Crippen molar-refractivity contribution in [3.63, 3.8) is 0 Å². The van der Waals surface area contributed by atoms with Gasteiger partial charge in [-0.25, -0.2) is 0 Å². The lowest BCUT2D eigenvalue weighted by Crippen LogP contribution is -2.37. The van der Waals surface area contributed by atoms with E-state index in [0.717, 1.165) is 66.8 Å². The molecule has 2 aromatic carbocycles. The number of carbonyl (C=O) groups excluding carboxylic acids is 1. The number of likely N-dealkylation sites (tertiary alicyclic amines) is 1. The Morgan fingerprint density at radius 3 is 2.66 bits per heavy atom. The van der Waals surface area contributed by atoms with Gasteiger partial charge in [-0.15, -0.1) is 0 Å². The lowest BCUT2D eigenvalue weighted by molar-refractivity contribution is 0.0937. The second kappa shape index (κ2) is 11.2. The summed E-state index contributed by atoms with van der Waals surface area (Å²) >= 11 is 0. The minimum Gasteiger partial charge on any atom is -0.492 e. The molecule has 184 valence electrons. The number of hydrogen-bond donors (Lipinski definition) is 1. The predicted octanol–water partition coefficient (Wildman–Crippen LogP) is 5.55. The summed E-state index contributed by atoms with van der Waals surface area (Å²) in [5.41, 5.74) is 4.11. The van der Waals surface area contributed by atoms with E-state index in [9.17, 15) is 4.79 Å². The number of fused-ring (bicyclic) bond motifs is 1. The van der Waals surface area contributed by atoms with E-state index < -0.39 is 0 Å². The van der Waals surface area contributed by atoms with E-state index in [2.05, 4.69) is 33.4 Å². The number of piperidine rings is 1. The van der Waals surface area contributed by atoms with Crippen molar-refractivity contribution >= 4 is 16.8 Å². The van der Waals surface area contributed by atoms with Crippen LogP contribution in [0.1, 0.15) is 60.1 Å². The van der Waals surface area contributed by atoms with Crippen molar-refractivity contribution in [1.82, 2.24) is 15.2 Å². The van der Waals surface area contributed by atoms with Crippen molar-refractivity contribution in [1.29, 1.82) is 0 Å². The van der Waals surface area contributed by atoms with Gasteiger partial charge in [0, 0.05) is 29.2 Å². The van der Waals surface area contributed by atoms with Gasteiger partial charge in [-0.3, -0.25) is 14.7 Å². The third-order valence-corrected chi connectivity index (χ3v) is 7.61. The molecule has 2 heterocycles. The Morgan fingerprint density at radius 2 is 1.83 bits per heavy atom. The minimum atomic E-state index is 0.0886. The van der Waals surface area contributed by atoms with Gasteiger partial charge in [0.25, 0.3) is 5.91 Å². The first-order valence-corrected chi connectivity index (χ1v) is 13.3. The van der Waals surface area contributed by atoms with Crippen molar-refractivity contribution in [2.24, 2.45) is 5.92 Å². The van der Waals surface area contributed by atoms with E-state index >= 15 is 0 Å². The summed E-state index contributed by atoms with van der Waals surface area (Å²) in [6, 6.07) is 18.9. The molecular formula is C30H37N3O2. The Kier molecular flexibility index (Phi) is 7.63. The highest BCUT2D eigenvalue weighted by Crippen LogP contribution is 2.26. The number of rotatable bonds is 8. The molecule has 5 nitrogen and oxygen atoms in total. The maximum Gasteiger partial charge on any atom is 0.251 e. The van der Waals surface area contributed by atoms with E-state index in [0.29, 0.717) is 18.6 Å². The second-order valence-electron chi connectivity index (χ2n) is 10.3. The van der Waals surface area contributed by atoms with Crippen molar-refractivity contribution in [3.05, 3.63) is 71.4 Å². The van der Waals surface area contributed by atoms with Gasteiger partial charge in [0.2, 0.25) is 0 Å². The maximum atomic E-state index is 12.6. The average molecular weight is 472 g/mol. The number of benzene rings is 2. The van der Waals surface area contributed by atoms with Crippen molar-refractivity contribution in [2.45, 2.75) is 57.9 Å². The molecule has 1 aliphatic heterocycles. The highest BCUT2D eigenvalue weighted by Gasteiger charge is 2.21. The minimum absolute atomic E-state index is 0.0886. The van der Waals surface area contributed by atoms with Crippen LogP contribution < -0.4 is 10.1 Å². The summed E-state index contributed by atoms with van der Waals surface area (Å²) in [4.78, 5) is 19.8. The first-order valence-electron chi connectivity index (χ1n) is 13.3. The monoisotopic (exact) mass is 471 g/mol. The number of pyridine rings is 1. The van der Waals surface area contributed by atoms with Crippen molar-refractivity contribution in [2.75, 3.05) is 26.2 Å². The van der Waals surface area contributed by atoms with Gasteiger partial charge in [0.1, 0.15) is 12.4 Å². The molecule has 1 aromatic heterocycles. The van der Waals surface area contributed by atoms with Gasteiger partial charge in [-0.05, 0) is 100.0 Å². The van der Waals surface area contributed by atoms with E-state index in [1.807, 2.05) is 43.3 Å². The molecule has 0 spiro atoms. The number of amides is 1. The quantitative estimate of drug-likeness (QED) is 0.468. The van der Waals surface area contributed by atoms with Gasteiger partial charge < -0.3 is 10.1 Å². The Morgan fingerprint density at radius 1 is 1.03 bits per heavy atom. The van der Waals surface area contributed by atoms with Crippen LogP contribution in [-0.2, 0) is 6.42 Å². The molecule has 1 amide bonds. The van der Waals surface area contributed by atoms with Gasteiger partial charge in [-0.2, -0.15) is 0 Å². The van der Waals surface area contributed by atoms with Crippen molar-refractivity contribution < 1.29 is 9.53 Å². The lowest BCUT2D eigenvalue weighted by atomic mass is 9.89. The van der Waals surface area contributed by atoms with Gasteiger partial charge in [-0.1, -0.05) is 31.0 Å². The summed E-state index contributed by atoms with van der Waals surface area (Å²) in [6.45, 7) is 5.86. The first kappa shape index (κ1) is 23.8. The summed E-state index contributed by atoms with van der Waals surface area (Å²) in [7, 11) is 0. The van der Waals surface area contributed by atoms with Gasteiger partial charge in [0.05, 0.1) is 5.52 Å². The summed E-state index contributed by atoms with van der Waals surface area (Å²) in [6.07, 6.45) is 8.14. The Bertz CT molecular complexity index is 1150. The summed E-state index contributed by atoms with van der Waals surface area (Å²) in [5, 5.41) is 4.29. The molecule has 1 aliphatic carbocycles. The molecule has 0 atom stereocenters. The van der Waals surface area contributed by atoms with Crippen LogP contribution in [0.15, 0.2) is 54.6 Å². The van der Waals surface area contributed by atoms with E-state index in [1.54, 1.807) is 0 Å². The molecule has 1 N–H and O–H groups in total. The number of aromatic nitrogens is 1. The lowest BCUT2D eigenvalue weighted by Gasteiger charge is -2.32. The number of hydrogen-bond acceptors (Lipinski definition) is 4. The average Bonchev–Trinajstić information content (AvgIpc) is 3.38. The van der Waals surface area contributed by atoms with Crippen LogP contribution in [0.4, 0.5) is 0 Å². The molecule has 0 radical (unpaired) electrons. The molecule has 3 aromatic rings. The van der Waals surface area contributed by atoms with Crippen LogP contribution in [0.5, 0.6) is 5.75 Å². The largest absolute Gasteiger partial charge is 0.492 e. The topological polar surface area (TPSA) is 54.5 Å². The first-order chi connectivity index (χ1) is 17.1. The SMILES string of the molecule is Cc1ccc2c(OCCN3CCC(Cc4cccc(C(=O)NC5CCCC5)c4)CC3)cccc2n1. The van der Waals surface area contributed by atoms with Crippen LogP contribution in [0, 0.1) is 12.8 Å². The zero-order valence-corrected chi connectivity index (χ0v) is 20.8. The number of nitrogens with zero attached hydrogens (tertiary/aromatic N) is 2. The molecule has 5 rings (SSSR count). The fourth-order valence-corrected chi connectivity index (χ4v) is 5.57. The van der Waals surface area contributed by atoms with Crippen molar-refractivity contribution in [3.8, 4) is 5.75 Å². The molecular weight excluding hydrogens is 434 g/mol. The molecule has 0 bridgehead atoms. The molecule has 1 saturated heterocycles. The molecule has 0 unspecified atom stereocenters. The number of nitrogens with one attached hydrogen (secondary N) is 1. The highest BCUT2D eigenvalue weighted by atomic mass is 16.5. The Balaban J connectivity index is 1.07. The molecule has 35 heavy (non-hydrogen) atoms. The third-order valence-electron chi connectivity index (χ3n) is 7.61. The number of ether oxygens (including phenoxy) is 1. The molecule has 2 fully saturated rings. The number of aryl methyl sites for hydroxylation is 1. The van der Waals surface area contributed by atoms with Crippen LogP contribution in [-0.4, -0.2) is 48.1 Å². The number of carbonyl (C=O) groups is 1. The Labute approximate surface area is 208 Å². The van der Waals surface area contributed by atoms with E-state index in [4.69, 9.17) is 4.74 Å². The Hall–Kier alpha value is -2.92. The van der Waals surface area contributed by atoms with Gasteiger partial charge >= 0.3 is 0 Å².